The molecule has 1 aromatic rings. The molecule has 1 fully saturated rings. The van der Waals surface area contributed by atoms with Crippen LogP contribution in [0.2, 0.25) is 0 Å². The number of piperidine rings is 1. The molecule has 20 heavy (non-hydrogen) atoms. The van der Waals surface area contributed by atoms with Crippen molar-refractivity contribution in [3.63, 3.8) is 0 Å². The number of nitrogens with zero attached hydrogens (tertiary/aromatic N) is 4. The van der Waals surface area contributed by atoms with E-state index in [1.54, 1.807) is 11.7 Å². The lowest BCUT2D eigenvalue weighted by Crippen LogP contribution is -2.47. The molecule has 1 aliphatic rings. The maximum atomic E-state index is 12.5. The second kappa shape index (κ2) is 6.26. The van der Waals surface area contributed by atoms with Gasteiger partial charge in [0.2, 0.25) is 0 Å². The fraction of sp³-hybridized carbons (Fsp3) is 0.714. The number of nitrogens with two attached hydrogens (primary N) is 1. The van der Waals surface area contributed by atoms with Gasteiger partial charge in [-0.1, -0.05) is 13.8 Å². The largest absolute Gasteiger partial charge is 0.396 e. The highest BCUT2D eigenvalue weighted by atomic mass is 16.2. The van der Waals surface area contributed by atoms with Gasteiger partial charge in [0.25, 0.3) is 5.91 Å². The highest BCUT2D eigenvalue weighted by Crippen LogP contribution is 2.20. The predicted octanol–water partition coefficient (Wildman–Crippen LogP) is 0.949. The Balaban J connectivity index is 1.99. The first kappa shape index (κ1) is 14.8. The lowest BCUT2D eigenvalue weighted by Gasteiger charge is -2.37. The number of aryl methyl sites for hydroxylation is 1. The molecule has 2 N–H and O–H groups in total. The summed E-state index contributed by atoms with van der Waals surface area (Å²) in [5, 5.41) is 4.04. The molecule has 6 heteroatoms. The minimum atomic E-state index is 0.000460. The molecule has 0 unspecified atom stereocenters. The van der Waals surface area contributed by atoms with Gasteiger partial charge in [-0.15, -0.1) is 0 Å². The van der Waals surface area contributed by atoms with Gasteiger partial charge in [0.15, 0.2) is 0 Å². The molecule has 0 aliphatic carbocycles. The van der Waals surface area contributed by atoms with Crippen LogP contribution in [0.5, 0.6) is 0 Å². The molecule has 0 aromatic carbocycles. The van der Waals surface area contributed by atoms with Crippen molar-refractivity contribution in [3.05, 3.63) is 11.9 Å². The van der Waals surface area contributed by atoms with Gasteiger partial charge < -0.3 is 15.5 Å². The predicted molar refractivity (Wildman–Crippen MR) is 79.5 cm³/mol. The molecule has 1 amide bonds. The average molecular weight is 279 g/mol. The number of hydrogen-bond donors (Lipinski definition) is 1. The van der Waals surface area contributed by atoms with Crippen LogP contribution in [0.25, 0.3) is 0 Å². The topological polar surface area (TPSA) is 67.4 Å². The quantitative estimate of drug-likeness (QED) is 0.891. The molecule has 112 valence electrons. The average Bonchev–Trinajstić information content (AvgIpc) is 2.79. The number of carbonyl (C=O) groups excluding carboxylic acids is 1. The van der Waals surface area contributed by atoms with Crippen molar-refractivity contribution >= 4 is 11.6 Å². The maximum Gasteiger partial charge on any atom is 0.274 e. The highest BCUT2D eigenvalue weighted by molar-refractivity contribution is 5.97. The summed E-state index contributed by atoms with van der Waals surface area (Å²) >= 11 is 0. The van der Waals surface area contributed by atoms with Crippen molar-refractivity contribution in [2.24, 2.45) is 7.05 Å². The van der Waals surface area contributed by atoms with E-state index < -0.39 is 0 Å². The van der Waals surface area contributed by atoms with E-state index in [1.165, 1.54) is 6.20 Å². The molecule has 1 aliphatic heterocycles. The van der Waals surface area contributed by atoms with Crippen LogP contribution in [-0.4, -0.2) is 57.7 Å². The third-order valence-electron chi connectivity index (χ3n) is 4.25. The third kappa shape index (κ3) is 2.80. The minimum absolute atomic E-state index is 0.000460. The summed E-state index contributed by atoms with van der Waals surface area (Å²) in [6.07, 6.45) is 3.60. The van der Waals surface area contributed by atoms with Crippen molar-refractivity contribution in [1.29, 1.82) is 0 Å². The Morgan fingerprint density at radius 2 is 2.00 bits per heavy atom. The lowest BCUT2D eigenvalue weighted by molar-refractivity contribution is 0.0622. The van der Waals surface area contributed by atoms with Gasteiger partial charge in [0, 0.05) is 26.2 Å². The van der Waals surface area contributed by atoms with E-state index in [1.807, 2.05) is 4.90 Å². The SMILES string of the molecule is CCN(CC)C1CCN(C(=O)c2c(N)cnn2C)CC1. The second-order valence-corrected chi connectivity index (χ2v) is 5.32. The molecule has 2 rings (SSSR count). The van der Waals surface area contributed by atoms with Crippen LogP contribution in [0.15, 0.2) is 6.20 Å². The first-order valence-electron chi connectivity index (χ1n) is 7.39. The Labute approximate surface area is 120 Å². The van der Waals surface area contributed by atoms with E-state index >= 15 is 0 Å². The second-order valence-electron chi connectivity index (χ2n) is 5.32. The summed E-state index contributed by atoms with van der Waals surface area (Å²) in [7, 11) is 1.76. The standard InChI is InChI=1S/C14H25N5O/c1-4-18(5-2)11-6-8-19(9-7-11)14(20)13-12(15)10-16-17(13)3/h10-11H,4-9,15H2,1-3H3. The lowest BCUT2D eigenvalue weighted by atomic mass is 10.0. The number of anilines is 1. The molecule has 1 aromatic heterocycles. The summed E-state index contributed by atoms with van der Waals surface area (Å²) < 4.78 is 1.56. The number of hydrogen-bond acceptors (Lipinski definition) is 4. The van der Waals surface area contributed by atoms with Gasteiger partial charge in [-0.3, -0.25) is 9.48 Å². The maximum absolute atomic E-state index is 12.5. The Hall–Kier alpha value is -1.56. The Bertz CT molecular complexity index is 439. The smallest absolute Gasteiger partial charge is 0.274 e. The number of likely N-dealkylation sites (tertiary alicyclic amines) is 1. The Kier molecular flexibility index (Phi) is 4.65. The monoisotopic (exact) mass is 279 g/mol. The van der Waals surface area contributed by atoms with Gasteiger partial charge >= 0.3 is 0 Å². The van der Waals surface area contributed by atoms with Crippen LogP contribution in [0.4, 0.5) is 5.69 Å². The molecule has 0 bridgehead atoms. The van der Waals surface area contributed by atoms with E-state index in [0.29, 0.717) is 17.4 Å². The van der Waals surface area contributed by atoms with Crippen LogP contribution < -0.4 is 5.73 Å². The summed E-state index contributed by atoms with van der Waals surface area (Å²) in [5.74, 6) is 0.000460. The van der Waals surface area contributed by atoms with Gasteiger partial charge in [-0.05, 0) is 25.9 Å². The van der Waals surface area contributed by atoms with Crippen molar-refractivity contribution in [1.82, 2.24) is 19.6 Å². The molecule has 2 heterocycles. The van der Waals surface area contributed by atoms with Crippen LogP contribution in [0, 0.1) is 0 Å². The van der Waals surface area contributed by atoms with Crippen molar-refractivity contribution < 1.29 is 4.79 Å². The Morgan fingerprint density at radius 3 is 2.45 bits per heavy atom. The fourth-order valence-corrected chi connectivity index (χ4v) is 3.04. The van der Waals surface area contributed by atoms with Crippen LogP contribution >= 0.6 is 0 Å². The summed E-state index contributed by atoms with van der Waals surface area (Å²) in [6.45, 7) is 8.12. The summed E-state index contributed by atoms with van der Waals surface area (Å²) in [6, 6.07) is 0.595. The zero-order chi connectivity index (χ0) is 14.7. The molecule has 0 saturated carbocycles. The third-order valence-corrected chi connectivity index (χ3v) is 4.25. The summed E-state index contributed by atoms with van der Waals surface area (Å²) in [4.78, 5) is 16.9. The number of amides is 1. The van der Waals surface area contributed by atoms with Crippen LogP contribution in [-0.2, 0) is 7.05 Å². The molecule has 0 radical (unpaired) electrons. The first-order valence-corrected chi connectivity index (χ1v) is 7.39. The van der Waals surface area contributed by atoms with E-state index in [0.717, 1.165) is 39.0 Å². The molecule has 1 saturated heterocycles. The highest BCUT2D eigenvalue weighted by Gasteiger charge is 2.28. The van der Waals surface area contributed by atoms with E-state index in [-0.39, 0.29) is 5.91 Å². The van der Waals surface area contributed by atoms with E-state index in [9.17, 15) is 4.79 Å². The van der Waals surface area contributed by atoms with Gasteiger partial charge in [-0.2, -0.15) is 5.10 Å². The number of aromatic nitrogens is 2. The number of nitrogen functional groups attached to an aromatic ring is 1. The van der Waals surface area contributed by atoms with Crippen molar-refractivity contribution in [3.8, 4) is 0 Å². The molecule has 6 nitrogen and oxygen atoms in total. The number of rotatable bonds is 4. The zero-order valence-electron chi connectivity index (χ0n) is 12.7. The van der Waals surface area contributed by atoms with E-state index in [4.69, 9.17) is 5.73 Å². The number of carbonyl (C=O) groups is 1. The van der Waals surface area contributed by atoms with Crippen LogP contribution in [0.3, 0.4) is 0 Å². The Morgan fingerprint density at radius 1 is 1.40 bits per heavy atom. The normalized spacial score (nSPS) is 16.9. The van der Waals surface area contributed by atoms with Crippen molar-refractivity contribution in [2.75, 3.05) is 31.9 Å². The van der Waals surface area contributed by atoms with Crippen LogP contribution in [0.1, 0.15) is 37.2 Å². The molecule has 0 spiro atoms. The summed E-state index contributed by atoms with van der Waals surface area (Å²) in [5.41, 5.74) is 6.80. The van der Waals surface area contributed by atoms with Gasteiger partial charge in [0.05, 0.1) is 11.9 Å². The van der Waals surface area contributed by atoms with Gasteiger partial charge in [0.1, 0.15) is 5.69 Å². The molecular formula is C14H25N5O. The molecule has 0 atom stereocenters. The fourth-order valence-electron chi connectivity index (χ4n) is 3.04. The van der Waals surface area contributed by atoms with Gasteiger partial charge in [-0.25, -0.2) is 0 Å². The first-order chi connectivity index (χ1) is 9.58. The van der Waals surface area contributed by atoms with Crippen molar-refractivity contribution in [2.45, 2.75) is 32.7 Å². The van der Waals surface area contributed by atoms with E-state index in [2.05, 4.69) is 23.8 Å². The zero-order valence-corrected chi connectivity index (χ0v) is 12.7. The molecular weight excluding hydrogens is 254 g/mol. The minimum Gasteiger partial charge on any atom is -0.396 e.